The van der Waals surface area contributed by atoms with Gasteiger partial charge < -0.3 is 25.4 Å². The summed E-state index contributed by atoms with van der Waals surface area (Å²) in [6.45, 7) is 2.34. The fraction of sp³-hybridized carbons (Fsp3) is 0.371. The molecule has 2 aliphatic heterocycles. The number of carbonyl (C=O) groups excluding carboxylic acids is 2. The van der Waals surface area contributed by atoms with Crippen molar-refractivity contribution in [1.29, 1.82) is 0 Å². The number of hydrogen-bond donors (Lipinski definition) is 3. The molecule has 4 aromatic rings. The van der Waals surface area contributed by atoms with E-state index in [1.165, 1.54) is 17.0 Å². The Hall–Kier alpha value is -4.99. The van der Waals surface area contributed by atoms with Crippen molar-refractivity contribution < 1.29 is 27.5 Å². The van der Waals surface area contributed by atoms with Gasteiger partial charge in [-0.3, -0.25) is 9.59 Å². The molecule has 2 amide bonds. The molecule has 2 fully saturated rings. The highest BCUT2D eigenvalue weighted by Gasteiger charge is 2.30. The smallest absolute Gasteiger partial charge is 0.229 e. The fourth-order valence-electron chi connectivity index (χ4n) is 5.85. The first kappa shape index (κ1) is 36.3. The van der Waals surface area contributed by atoms with Gasteiger partial charge in [0, 0.05) is 42.9 Å². The lowest BCUT2D eigenvalue weighted by Crippen LogP contribution is -2.43. The number of anilines is 2. The second-order valence-corrected chi connectivity index (χ2v) is 13.9. The van der Waals surface area contributed by atoms with Crippen molar-refractivity contribution in [2.75, 3.05) is 57.3 Å². The Bertz CT molecular complexity index is 1890. The molecule has 50 heavy (non-hydrogen) atoms. The lowest BCUT2D eigenvalue weighted by atomic mass is 9.99. The third-order valence-electron chi connectivity index (χ3n) is 8.49. The molecule has 2 atom stereocenters. The number of nitrogens with one attached hydrogen (secondary N) is 3. The highest BCUT2D eigenvalue weighted by Crippen LogP contribution is 2.30. The first-order valence-corrected chi connectivity index (χ1v) is 18.2. The standard InChI is InChI=1S/C18H22N4O4S.C17H20N4O2/c1-26-16-8-4-3-7-14(16)15-10-17(20-12-19-15)21-18(23)13-6-5-9-22(11-13)27(2,24)25;1-23-15-7-3-2-6-13(15)14-9-16(20-11-19-14)21-17(22)12-5-4-8-18-10-12/h3-4,7-8,10,12-13H,5-6,9,11H2,1-2H3,(H,19,20,21,23);2-3,6-7,9,11-12,18H,4-5,8,10H2,1H3,(H,19,20,21,22). The van der Waals surface area contributed by atoms with E-state index >= 15 is 0 Å². The second kappa shape index (κ2) is 17.1. The van der Waals surface area contributed by atoms with Crippen LogP contribution in [-0.4, -0.2) is 91.1 Å². The Kier molecular flexibility index (Phi) is 12.4. The molecule has 0 bridgehead atoms. The van der Waals surface area contributed by atoms with E-state index in [-0.39, 0.29) is 24.3 Å². The summed E-state index contributed by atoms with van der Waals surface area (Å²) < 4.78 is 35.5. The van der Waals surface area contributed by atoms with Gasteiger partial charge in [0.1, 0.15) is 35.8 Å². The van der Waals surface area contributed by atoms with Gasteiger partial charge in [0.25, 0.3) is 0 Å². The Morgan fingerprint density at radius 3 is 1.80 bits per heavy atom. The molecule has 0 spiro atoms. The topological polar surface area (TPSA) is 178 Å². The van der Waals surface area contributed by atoms with Crippen molar-refractivity contribution in [2.24, 2.45) is 11.8 Å². The summed E-state index contributed by atoms with van der Waals surface area (Å²) in [7, 11) is -0.0953. The van der Waals surface area contributed by atoms with Gasteiger partial charge in [-0.05, 0) is 56.5 Å². The first-order chi connectivity index (χ1) is 24.2. The Balaban J connectivity index is 0.000000197. The van der Waals surface area contributed by atoms with Crippen molar-refractivity contribution in [1.82, 2.24) is 29.6 Å². The van der Waals surface area contributed by atoms with Gasteiger partial charge in [-0.2, -0.15) is 0 Å². The molecule has 2 unspecified atom stereocenters. The van der Waals surface area contributed by atoms with E-state index in [1.807, 2.05) is 48.5 Å². The number of nitrogens with zero attached hydrogens (tertiary/aromatic N) is 5. The maximum atomic E-state index is 12.6. The molecule has 2 aromatic carbocycles. The van der Waals surface area contributed by atoms with Gasteiger partial charge in [0.2, 0.25) is 21.8 Å². The number of ether oxygens (including phenoxy) is 2. The lowest BCUT2D eigenvalue weighted by molar-refractivity contribution is -0.121. The molecule has 2 aliphatic rings. The van der Waals surface area contributed by atoms with Gasteiger partial charge in [0.05, 0.1) is 43.7 Å². The molecule has 0 saturated carbocycles. The summed E-state index contributed by atoms with van der Waals surface area (Å²) in [5.74, 6) is 1.63. The van der Waals surface area contributed by atoms with Crippen LogP contribution in [0.25, 0.3) is 22.5 Å². The lowest BCUT2D eigenvalue weighted by Gasteiger charge is -2.29. The summed E-state index contributed by atoms with van der Waals surface area (Å²) in [6.07, 6.45) is 7.22. The number of piperidine rings is 2. The number of aromatic nitrogens is 4. The Morgan fingerprint density at radius 1 is 0.780 bits per heavy atom. The quantitative estimate of drug-likeness (QED) is 0.231. The number of hydrogen-bond acceptors (Lipinski definition) is 11. The van der Waals surface area contributed by atoms with E-state index in [0.717, 1.165) is 54.8 Å². The van der Waals surface area contributed by atoms with E-state index in [0.29, 0.717) is 42.5 Å². The third-order valence-corrected chi connectivity index (χ3v) is 9.76. The Labute approximate surface area is 292 Å². The molecule has 3 N–H and O–H groups in total. The molecule has 2 saturated heterocycles. The molecular formula is C35H42N8O6S. The van der Waals surface area contributed by atoms with Crippen molar-refractivity contribution in [3.05, 3.63) is 73.3 Å². The van der Waals surface area contributed by atoms with E-state index in [1.54, 1.807) is 26.4 Å². The minimum Gasteiger partial charge on any atom is -0.496 e. The largest absolute Gasteiger partial charge is 0.496 e. The minimum atomic E-state index is -3.30. The van der Waals surface area contributed by atoms with Crippen LogP contribution < -0.4 is 25.4 Å². The maximum Gasteiger partial charge on any atom is 0.229 e. The van der Waals surface area contributed by atoms with E-state index in [9.17, 15) is 18.0 Å². The van der Waals surface area contributed by atoms with Gasteiger partial charge in [-0.25, -0.2) is 32.7 Å². The highest BCUT2D eigenvalue weighted by atomic mass is 32.2. The van der Waals surface area contributed by atoms with Crippen LogP contribution in [0.15, 0.2) is 73.3 Å². The number of para-hydroxylation sites is 2. The summed E-state index contributed by atoms with van der Waals surface area (Å²) >= 11 is 0. The van der Waals surface area contributed by atoms with Crippen LogP contribution in [0, 0.1) is 11.8 Å². The van der Waals surface area contributed by atoms with Crippen LogP contribution in [0.4, 0.5) is 11.6 Å². The minimum absolute atomic E-state index is 0.00174. The predicted octanol–water partition coefficient (Wildman–Crippen LogP) is 3.85. The zero-order valence-electron chi connectivity index (χ0n) is 28.3. The van der Waals surface area contributed by atoms with Gasteiger partial charge in [-0.1, -0.05) is 24.3 Å². The van der Waals surface area contributed by atoms with Crippen LogP contribution in [0.3, 0.4) is 0 Å². The number of carbonyl (C=O) groups is 2. The number of rotatable bonds is 9. The molecule has 0 aliphatic carbocycles. The SMILES string of the molecule is COc1ccccc1-c1cc(NC(=O)C2CCCN(S(C)(=O)=O)C2)ncn1.COc1ccccc1-c1cc(NC(=O)C2CCCNC2)ncn1. The molecule has 264 valence electrons. The van der Waals surface area contributed by atoms with Gasteiger partial charge in [-0.15, -0.1) is 0 Å². The van der Waals surface area contributed by atoms with Crippen LogP contribution in [0.5, 0.6) is 11.5 Å². The van der Waals surface area contributed by atoms with Gasteiger partial charge >= 0.3 is 0 Å². The summed E-state index contributed by atoms with van der Waals surface area (Å²) in [6, 6.07) is 18.5. The van der Waals surface area contributed by atoms with Crippen molar-refractivity contribution >= 4 is 33.5 Å². The number of benzene rings is 2. The van der Waals surface area contributed by atoms with E-state index < -0.39 is 15.9 Å². The highest BCUT2D eigenvalue weighted by molar-refractivity contribution is 7.88. The average molecular weight is 703 g/mol. The number of amides is 2. The Morgan fingerprint density at radius 2 is 1.30 bits per heavy atom. The van der Waals surface area contributed by atoms with Crippen LogP contribution >= 0.6 is 0 Å². The van der Waals surface area contributed by atoms with Crippen LogP contribution in [0.1, 0.15) is 25.7 Å². The molecule has 14 nitrogen and oxygen atoms in total. The third kappa shape index (κ3) is 9.58. The number of sulfonamides is 1. The van der Waals surface area contributed by atoms with Crippen molar-refractivity contribution in [3.63, 3.8) is 0 Å². The van der Waals surface area contributed by atoms with E-state index in [4.69, 9.17) is 9.47 Å². The zero-order chi connectivity index (χ0) is 35.5. The normalized spacial score (nSPS) is 17.8. The van der Waals surface area contributed by atoms with Crippen molar-refractivity contribution in [2.45, 2.75) is 25.7 Å². The molecular weight excluding hydrogens is 661 g/mol. The monoisotopic (exact) mass is 702 g/mol. The number of methoxy groups -OCH3 is 2. The first-order valence-electron chi connectivity index (χ1n) is 16.3. The van der Waals surface area contributed by atoms with Gasteiger partial charge in [0.15, 0.2) is 0 Å². The summed E-state index contributed by atoms with van der Waals surface area (Å²) in [5, 5.41) is 8.91. The van der Waals surface area contributed by atoms with Crippen LogP contribution in [0.2, 0.25) is 0 Å². The predicted molar refractivity (Wildman–Crippen MR) is 190 cm³/mol. The summed E-state index contributed by atoms with van der Waals surface area (Å²) in [4.78, 5) is 41.7. The fourth-order valence-corrected chi connectivity index (χ4v) is 6.76. The second-order valence-electron chi connectivity index (χ2n) is 12.0. The molecule has 4 heterocycles. The van der Waals surface area contributed by atoms with E-state index in [2.05, 4.69) is 35.9 Å². The molecule has 6 rings (SSSR count). The molecule has 2 aromatic heterocycles. The zero-order valence-corrected chi connectivity index (χ0v) is 29.2. The summed E-state index contributed by atoms with van der Waals surface area (Å²) in [5.41, 5.74) is 3.00. The molecule has 15 heteroatoms. The average Bonchev–Trinajstić information content (AvgIpc) is 3.15. The van der Waals surface area contributed by atoms with Crippen molar-refractivity contribution in [3.8, 4) is 34.0 Å². The maximum absolute atomic E-state index is 12.6. The van der Waals surface area contributed by atoms with Crippen LogP contribution in [-0.2, 0) is 19.6 Å². The molecule has 0 radical (unpaired) electrons.